The molecule has 1 aliphatic heterocycles. The lowest BCUT2D eigenvalue weighted by atomic mass is 10.0. The summed E-state index contributed by atoms with van der Waals surface area (Å²) in [7, 11) is 0. The van der Waals surface area contributed by atoms with E-state index in [-0.39, 0.29) is 11.9 Å². The average Bonchev–Trinajstić information content (AvgIpc) is 2.96. The van der Waals surface area contributed by atoms with Gasteiger partial charge in [-0.15, -0.1) is 11.3 Å². The number of carbonyl (C=O) groups is 1. The molecule has 0 spiro atoms. The Morgan fingerprint density at radius 3 is 2.67 bits per heavy atom. The molecule has 1 saturated heterocycles. The second kappa shape index (κ2) is 6.69. The zero-order chi connectivity index (χ0) is 14.7. The molecule has 0 bridgehead atoms. The van der Waals surface area contributed by atoms with Crippen LogP contribution in [0.4, 0.5) is 5.95 Å². The number of piperidine rings is 1. The van der Waals surface area contributed by atoms with Crippen molar-refractivity contribution in [3.05, 3.63) is 38.4 Å². The number of anilines is 1. The minimum atomic E-state index is 0.0311. The van der Waals surface area contributed by atoms with Crippen molar-refractivity contribution in [3.8, 4) is 0 Å². The Morgan fingerprint density at radius 2 is 2.05 bits per heavy atom. The Bertz CT molecular complexity index is 610. The van der Waals surface area contributed by atoms with Crippen LogP contribution in [-0.4, -0.2) is 35.0 Å². The highest BCUT2D eigenvalue weighted by Gasteiger charge is 2.22. The third-order valence-corrected chi connectivity index (χ3v) is 5.28. The van der Waals surface area contributed by atoms with Gasteiger partial charge in [-0.2, -0.15) is 0 Å². The van der Waals surface area contributed by atoms with Crippen molar-refractivity contribution in [1.82, 2.24) is 15.3 Å². The number of nitrogens with zero attached hydrogens (tertiary/aromatic N) is 3. The van der Waals surface area contributed by atoms with Gasteiger partial charge in [0.15, 0.2) is 0 Å². The molecule has 3 heterocycles. The van der Waals surface area contributed by atoms with E-state index in [1.807, 2.05) is 17.5 Å². The highest BCUT2D eigenvalue weighted by molar-refractivity contribution is 14.1. The molecule has 0 unspecified atom stereocenters. The molecule has 1 aliphatic rings. The van der Waals surface area contributed by atoms with Gasteiger partial charge in [-0.3, -0.25) is 4.79 Å². The first-order valence-electron chi connectivity index (χ1n) is 6.79. The van der Waals surface area contributed by atoms with Crippen LogP contribution in [0.15, 0.2) is 29.9 Å². The molecule has 5 nitrogen and oxygen atoms in total. The third kappa shape index (κ3) is 3.70. The highest BCUT2D eigenvalue weighted by Crippen LogP contribution is 2.18. The Balaban J connectivity index is 1.53. The summed E-state index contributed by atoms with van der Waals surface area (Å²) in [6.07, 6.45) is 5.36. The summed E-state index contributed by atoms with van der Waals surface area (Å²) < 4.78 is 1.13. The highest BCUT2D eigenvalue weighted by atomic mass is 127. The van der Waals surface area contributed by atoms with E-state index in [1.54, 1.807) is 23.7 Å². The normalized spacial score (nSPS) is 16.0. The summed E-state index contributed by atoms with van der Waals surface area (Å²) in [5.41, 5.74) is 0.762. The molecular formula is C14H15IN4OS. The summed E-state index contributed by atoms with van der Waals surface area (Å²) in [5.74, 6) is 0.804. The predicted molar refractivity (Wildman–Crippen MR) is 91.8 cm³/mol. The van der Waals surface area contributed by atoms with Gasteiger partial charge in [0.25, 0.3) is 5.91 Å². The topological polar surface area (TPSA) is 58.1 Å². The number of rotatable bonds is 3. The van der Waals surface area contributed by atoms with Crippen molar-refractivity contribution in [2.75, 3.05) is 18.0 Å². The van der Waals surface area contributed by atoms with Gasteiger partial charge in [-0.1, -0.05) is 0 Å². The van der Waals surface area contributed by atoms with E-state index in [2.05, 4.69) is 42.8 Å². The van der Waals surface area contributed by atoms with Gasteiger partial charge in [-0.25, -0.2) is 9.97 Å². The van der Waals surface area contributed by atoms with Crippen molar-refractivity contribution >= 4 is 45.8 Å². The smallest absolute Gasteiger partial charge is 0.252 e. The number of halogens is 1. The first kappa shape index (κ1) is 14.7. The van der Waals surface area contributed by atoms with Crippen molar-refractivity contribution in [1.29, 1.82) is 0 Å². The van der Waals surface area contributed by atoms with Crippen LogP contribution in [0.1, 0.15) is 23.2 Å². The van der Waals surface area contributed by atoms with E-state index in [1.165, 1.54) is 0 Å². The minimum absolute atomic E-state index is 0.0311. The van der Waals surface area contributed by atoms with Gasteiger partial charge in [0, 0.05) is 36.9 Å². The molecule has 2 aromatic heterocycles. The SMILES string of the molecule is O=C(NC1CCN(c2ncccn2)CC1)c1csc(I)c1. The summed E-state index contributed by atoms with van der Waals surface area (Å²) in [4.78, 5) is 22.8. The average molecular weight is 414 g/mol. The number of carbonyl (C=O) groups excluding carboxylic acids is 1. The van der Waals surface area contributed by atoms with Gasteiger partial charge < -0.3 is 10.2 Å². The second-order valence-corrected chi connectivity index (χ2v) is 7.73. The van der Waals surface area contributed by atoms with Crippen LogP contribution in [0.25, 0.3) is 0 Å². The summed E-state index contributed by atoms with van der Waals surface area (Å²) in [6, 6.07) is 3.97. The zero-order valence-corrected chi connectivity index (χ0v) is 14.3. The van der Waals surface area contributed by atoms with Crippen LogP contribution in [-0.2, 0) is 0 Å². The van der Waals surface area contributed by atoms with E-state index in [0.717, 1.165) is 40.3 Å². The number of amides is 1. The first-order chi connectivity index (χ1) is 10.2. The first-order valence-corrected chi connectivity index (χ1v) is 8.75. The number of aromatic nitrogens is 2. The number of thiophene rings is 1. The molecule has 1 amide bonds. The quantitative estimate of drug-likeness (QED) is 0.785. The fourth-order valence-corrected chi connectivity index (χ4v) is 3.70. The van der Waals surface area contributed by atoms with Crippen molar-refractivity contribution < 1.29 is 4.79 Å². The summed E-state index contributed by atoms with van der Waals surface area (Å²) >= 11 is 3.83. The molecule has 0 radical (unpaired) electrons. The molecule has 3 rings (SSSR count). The van der Waals surface area contributed by atoms with E-state index in [0.29, 0.717) is 0 Å². The van der Waals surface area contributed by atoms with Gasteiger partial charge in [0.1, 0.15) is 0 Å². The van der Waals surface area contributed by atoms with Crippen LogP contribution in [0.5, 0.6) is 0 Å². The van der Waals surface area contributed by atoms with Gasteiger partial charge in [0.2, 0.25) is 5.95 Å². The molecule has 0 atom stereocenters. The minimum Gasteiger partial charge on any atom is -0.349 e. The van der Waals surface area contributed by atoms with Crippen LogP contribution in [0.2, 0.25) is 0 Å². The maximum Gasteiger partial charge on any atom is 0.252 e. The fourth-order valence-electron chi connectivity index (χ4n) is 2.38. The maximum absolute atomic E-state index is 12.1. The van der Waals surface area contributed by atoms with E-state index < -0.39 is 0 Å². The summed E-state index contributed by atoms with van der Waals surface area (Å²) in [5, 5.41) is 5.02. The van der Waals surface area contributed by atoms with Gasteiger partial charge >= 0.3 is 0 Å². The summed E-state index contributed by atoms with van der Waals surface area (Å²) in [6.45, 7) is 1.74. The second-order valence-electron chi connectivity index (χ2n) is 4.92. The molecule has 1 fully saturated rings. The standard InChI is InChI=1S/C14H15IN4OS/c15-12-8-10(9-21-12)13(20)18-11-2-6-19(7-3-11)14-16-4-1-5-17-14/h1,4-5,8-9,11H,2-3,6-7H2,(H,18,20). The molecule has 2 aromatic rings. The Labute approximate surface area is 140 Å². The Kier molecular flexibility index (Phi) is 4.69. The van der Waals surface area contributed by atoms with Gasteiger partial charge in [0.05, 0.1) is 8.45 Å². The lowest BCUT2D eigenvalue weighted by molar-refractivity contribution is 0.0931. The molecule has 0 saturated carbocycles. The molecule has 110 valence electrons. The lowest BCUT2D eigenvalue weighted by Crippen LogP contribution is -2.45. The van der Waals surface area contributed by atoms with E-state index in [4.69, 9.17) is 0 Å². The van der Waals surface area contributed by atoms with Crippen molar-refractivity contribution in [3.63, 3.8) is 0 Å². The predicted octanol–water partition coefficient (Wildman–Crippen LogP) is 2.54. The van der Waals surface area contributed by atoms with E-state index in [9.17, 15) is 4.79 Å². The van der Waals surface area contributed by atoms with Crippen molar-refractivity contribution in [2.24, 2.45) is 0 Å². The lowest BCUT2D eigenvalue weighted by Gasteiger charge is -2.32. The van der Waals surface area contributed by atoms with Crippen LogP contribution in [0.3, 0.4) is 0 Å². The molecule has 1 N–H and O–H groups in total. The van der Waals surface area contributed by atoms with Gasteiger partial charge in [-0.05, 0) is 47.6 Å². The fraction of sp³-hybridized carbons (Fsp3) is 0.357. The number of hydrogen-bond acceptors (Lipinski definition) is 5. The largest absolute Gasteiger partial charge is 0.349 e. The number of hydrogen-bond donors (Lipinski definition) is 1. The van der Waals surface area contributed by atoms with Crippen LogP contribution in [0, 0.1) is 2.88 Å². The number of nitrogens with one attached hydrogen (secondary N) is 1. The Hall–Kier alpha value is -1.22. The third-order valence-electron chi connectivity index (χ3n) is 3.49. The van der Waals surface area contributed by atoms with Crippen LogP contribution >= 0.6 is 33.9 Å². The van der Waals surface area contributed by atoms with Crippen LogP contribution < -0.4 is 10.2 Å². The molecule has 0 aromatic carbocycles. The monoisotopic (exact) mass is 414 g/mol. The maximum atomic E-state index is 12.1. The zero-order valence-electron chi connectivity index (χ0n) is 11.3. The molecule has 21 heavy (non-hydrogen) atoms. The molecular weight excluding hydrogens is 399 g/mol. The molecule has 7 heteroatoms. The van der Waals surface area contributed by atoms with Crippen molar-refractivity contribution in [2.45, 2.75) is 18.9 Å². The Morgan fingerprint density at radius 1 is 1.33 bits per heavy atom. The molecule has 0 aliphatic carbocycles. The van der Waals surface area contributed by atoms with E-state index >= 15 is 0 Å².